The molecule has 0 aliphatic rings. The lowest BCUT2D eigenvalue weighted by molar-refractivity contribution is 0.299. The second-order valence-electron chi connectivity index (χ2n) is 4.03. The Morgan fingerprint density at radius 2 is 2.00 bits per heavy atom. The highest BCUT2D eigenvalue weighted by atomic mass is 35.5. The van der Waals surface area contributed by atoms with Crippen molar-refractivity contribution in [3.05, 3.63) is 47.0 Å². The first-order chi connectivity index (χ1) is 9.24. The maximum Gasteiger partial charge on any atom is 0.179 e. The third-order valence-electron chi connectivity index (χ3n) is 2.69. The molecule has 5 nitrogen and oxygen atoms in total. The molecule has 0 aliphatic heterocycles. The highest BCUT2D eigenvalue weighted by Crippen LogP contribution is 2.27. The molecule has 3 aromatic rings. The van der Waals surface area contributed by atoms with Gasteiger partial charge in [0.15, 0.2) is 16.8 Å². The van der Waals surface area contributed by atoms with Gasteiger partial charge in [-0.05, 0) is 40.1 Å². The van der Waals surface area contributed by atoms with Crippen molar-refractivity contribution in [2.24, 2.45) is 0 Å². The molecule has 0 saturated carbocycles. The smallest absolute Gasteiger partial charge is 0.179 e. The fourth-order valence-corrected chi connectivity index (χ4v) is 1.98. The van der Waals surface area contributed by atoms with Gasteiger partial charge in [-0.15, -0.1) is 0 Å². The lowest BCUT2D eigenvalue weighted by Gasteiger charge is -2.07. The van der Waals surface area contributed by atoms with E-state index < -0.39 is 0 Å². The molecule has 0 saturated heterocycles. The molecule has 1 aromatic heterocycles. The number of nitrogens with two attached hydrogens (primary N) is 1. The Morgan fingerprint density at radius 1 is 1.16 bits per heavy atom. The molecule has 3 rings (SSSR count). The maximum absolute atomic E-state index is 5.92. The number of nitrogens with zero attached hydrogens (tertiary/aromatic N) is 2. The molecule has 2 aromatic carbocycles. The van der Waals surface area contributed by atoms with Gasteiger partial charge < -0.3 is 10.5 Å². The highest BCUT2D eigenvalue weighted by molar-refractivity contribution is 6.30. The van der Waals surface area contributed by atoms with E-state index in [4.69, 9.17) is 22.1 Å². The van der Waals surface area contributed by atoms with Crippen molar-refractivity contribution in [1.29, 1.82) is 0 Å². The van der Waals surface area contributed by atoms with E-state index in [1.54, 1.807) is 12.1 Å². The summed E-state index contributed by atoms with van der Waals surface area (Å²) < 4.78 is 10.4. The first kappa shape index (κ1) is 11.8. The SMILES string of the molecule is Nc1ccc(OCc2cccc(Cl)c2)c2nonc12. The van der Waals surface area contributed by atoms with Crippen molar-refractivity contribution in [2.45, 2.75) is 6.61 Å². The van der Waals surface area contributed by atoms with Crippen LogP contribution in [0.25, 0.3) is 11.0 Å². The number of nitrogen functional groups attached to an aromatic ring is 1. The Kier molecular flexibility index (Phi) is 2.97. The van der Waals surface area contributed by atoms with Crippen molar-refractivity contribution in [3.8, 4) is 5.75 Å². The standard InChI is InChI=1S/C13H10ClN3O2/c14-9-3-1-2-8(6-9)7-18-11-5-4-10(15)12-13(11)17-19-16-12/h1-6H,7,15H2. The normalized spacial score (nSPS) is 10.8. The molecule has 0 amide bonds. The minimum absolute atomic E-state index is 0.381. The van der Waals surface area contributed by atoms with Crippen LogP contribution in [0.4, 0.5) is 5.69 Å². The van der Waals surface area contributed by atoms with Gasteiger partial charge >= 0.3 is 0 Å². The second-order valence-corrected chi connectivity index (χ2v) is 4.47. The third kappa shape index (κ3) is 2.32. The summed E-state index contributed by atoms with van der Waals surface area (Å²) in [4.78, 5) is 0. The van der Waals surface area contributed by atoms with Crippen molar-refractivity contribution in [2.75, 3.05) is 5.73 Å². The Bertz CT molecular complexity index is 727. The fourth-order valence-electron chi connectivity index (χ4n) is 1.77. The minimum Gasteiger partial charge on any atom is -0.486 e. The summed E-state index contributed by atoms with van der Waals surface area (Å²) >= 11 is 5.92. The Labute approximate surface area is 113 Å². The van der Waals surface area contributed by atoms with Gasteiger partial charge in [0.25, 0.3) is 0 Å². The van der Waals surface area contributed by atoms with Crippen LogP contribution in [0.3, 0.4) is 0 Å². The molecule has 6 heteroatoms. The first-order valence-electron chi connectivity index (χ1n) is 5.62. The lowest BCUT2D eigenvalue weighted by atomic mass is 10.2. The van der Waals surface area contributed by atoms with Gasteiger partial charge in [0, 0.05) is 5.02 Å². The maximum atomic E-state index is 5.92. The number of halogens is 1. The van der Waals surface area contributed by atoms with E-state index >= 15 is 0 Å². The number of hydrogen-bond acceptors (Lipinski definition) is 5. The van der Waals surface area contributed by atoms with Gasteiger partial charge in [0.05, 0.1) is 5.69 Å². The van der Waals surface area contributed by atoms with Crippen LogP contribution in [0.15, 0.2) is 41.0 Å². The van der Waals surface area contributed by atoms with Crippen molar-refractivity contribution >= 4 is 28.3 Å². The van der Waals surface area contributed by atoms with Crippen molar-refractivity contribution < 1.29 is 9.37 Å². The van der Waals surface area contributed by atoms with Crippen LogP contribution in [0.2, 0.25) is 5.02 Å². The van der Waals surface area contributed by atoms with Crippen molar-refractivity contribution in [1.82, 2.24) is 10.3 Å². The summed E-state index contributed by atoms with van der Waals surface area (Å²) in [6.07, 6.45) is 0. The van der Waals surface area contributed by atoms with E-state index in [0.717, 1.165) is 5.56 Å². The molecule has 19 heavy (non-hydrogen) atoms. The number of hydrogen-bond donors (Lipinski definition) is 1. The van der Waals surface area contributed by atoms with Gasteiger partial charge in [-0.25, -0.2) is 4.63 Å². The first-order valence-corrected chi connectivity index (χ1v) is 6.00. The molecule has 0 aliphatic carbocycles. The highest BCUT2D eigenvalue weighted by Gasteiger charge is 2.11. The minimum atomic E-state index is 0.381. The number of aromatic nitrogens is 2. The molecule has 0 spiro atoms. The van der Waals surface area contributed by atoms with E-state index in [2.05, 4.69) is 14.9 Å². The van der Waals surface area contributed by atoms with Crippen molar-refractivity contribution in [3.63, 3.8) is 0 Å². The van der Waals surface area contributed by atoms with Crippen LogP contribution in [0, 0.1) is 0 Å². The van der Waals surface area contributed by atoms with E-state index in [1.165, 1.54) is 0 Å². The van der Waals surface area contributed by atoms with E-state index in [-0.39, 0.29) is 0 Å². The third-order valence-corrected chi connectivity index (χ3v) is 2.93. The number of ether oxygens (including phenoxy) is 1. The van der Waals surface area contributed by atoms with Crippen LogP contribution >= 0.6 is 11.6 Å². The van der Waals surface area contributed by atoms with E-state index in [0.29, 0.717) is 34.1 Å². The van der Waals surface area contributed by atoms with Gasteiger partial charge in [0.1, 0.15) is 6.61 Å². The zero-order chi connectivity index (χ0) is 13.2. The number of benzene rings is 2. The summed E-state index contributed by atoms with van der Waals surface area (Å²) in [6, 6.07) is 10.9. The molecule has 0 unspecified atom stereocenters. The molecule has 0 bridgehead atoms. The van der Waals surface area contributed by atoms with Crippen LogP contribution in [-0.2, 0) is 6.61 Å². The fraction of sp³-hybridized carbons (Fsp3) is 0.0769. The Balaban J connectivity index is 1.86. The predicted molar refractivity (Wildman–Crippen MR) is 72.0 cm³/mol. The molecule has 2 N–H and O–H groups in total. The average Bonchev–Trinajstić information content (AvgIpc) is 2.88. The van der Waals surface area contributed by atoms with Gasteiger partial charge in [0.2, 0.25) is 0 Å². The van der Waals surface area contributed by atoms with Gasteiger partial charge in [-0.2, -0.15) is 0 Å². The summed E-state index contributed by atoms with van der Waals surface area (Å²) in [5, 5.41) is 8.20. The summed E-state index contributed by atoms with van der Waals surface area (Å²) in [7, 11) is 0. The Hall–Kier alpha value is -2.27. The lowest BCUT2D eigenvalue weighted by Crippen LogP contribution is -1.97. The van der Waals surface area contributed by atoms with Crippen LogP contribution in [-0.4, -0.2) is 10.3 Å². The largest absolute Gasteiger partial charge is 0.486 e. The van der Waals surface area contributed by atoms with Crippen LogP contribution in [0.5, 0.6) is 5.75 Å². The number of fused-ring (bicyclic) bond motifs is 1. The zero-order valence-electron chi connectivity index (χ0n) is 9.84. The average molecular weight is 276 g/mol. The monoisotopic (exact) mass is 275 g/mol. The molecule has 0 fully saturated rings. The number of rotatable bonds is 3. The second kappa shape index (κ2) is 4.78. The summed E-state index contributed by atoms with van der Waals surface area (Å²) in [5.41, 5.74) is 8.25. The van der Waals surface area contributed by atoms with E-state index in [9.17, 15) is 0 Å². The number of anilines is 1. The molecular weight excluding hydrogens is 266 g/mol. The molecule has 0 radical (unpaired) electrons. The molecule has 1 heterocycles. The van der Waals surface area contributed by atoms with E-state index in [1.807, 2.05) is 24.3 Å². The topological polar surface area (TPSA) is 74.2 Å². The molecule has 96 valence electrons. The summed E-state index contributed by atoms with van der Waals surface area (Å²) in [6.45, 7) is 0.381. The summed E-state index contributed by atoms with van der Waals surface area (Å²) in [5.74, 6) is 0.574. The molecular formula is C13H10ClN3O2. The predicted octanol–water partition coefficient (Wildman–Crippen LogP) is 3.04. The molecule has 0 atom stereocenters. The van der Waals surface area contributed by atoms with Gasteiger partial charge in [-0.1, -0.05) is 23.7 Å². The zero-order valence-corrected chi connectivity index (χ0v) is 10.6. The quantitative estimate of drug-likeness (QED) is 0.744. The Morgan fingerprint density at radius 3 is 2.84 bits per heavy atom. The van der Waals surface area contributed by atoms with Crippen LogP contribution < -0.4 is 10.5 Å². The van der Waals surface area contributed by atoms with Gasteiger partial charge in [-0.3, -0.25) is 0 Å². The van der Waals surface area contributed by atoms with Crippen LogP contribution in [0.1, 0.15) is 5.56 Å².